The first-order valence-corrected chi connectivity index (χ1v) is 17.5. The fourth-order valence-corrected chi connectivity index (χ4v) is 8.37. The van der Waals surface area contributed by atoms with Crippen LogP contribution in [0.1, 0.15) is 12.5 Å². The van der Waals surface area contributed by atoms with Crippen molar-refractivity contribution in [1.29, 1.82) is 0 Å². The molecule has 0 unspecified atom stereocenters. The zero-order valence-electron chi connectivity index (χ0n) is 27.5. The van der Waals surface area contributed by atoms with Crippen molar-refractivity contribution in [3.8, 4) is 16.8 Å². The monoisotopic (exact) mass is 660 g/mol. The second kappa shape index (κ2) is 12.3. The predicted molar refractivity (Wildman–Crippen MR) is 216 cm³/mol. The van der Waals surface area contributed by atoms with Crippen molar-refractivity contribution in [3.63, 3.8) is 0 Å². The number of benzene rings is 6. The highest BCUT2D eigenvalue weighted by Gasteiger charge is 2.19. The van der Waals surface area contributed by atoms with Crippen molar-refractivity contribution in [2.45, 2.75) is 6.92 Å². The lowest BCUT2D eigenvalue weighted by Crippen LogP contribution is -2.09. The van der Waals surface area contributed by atoms with Gasteiger partial charge in [0.1, 0.15) is 0 Å². The summed E-state index contributed by atoms with van der Waals surface area (Å²) in [6.45, 7) is 5.71. The molecule has 6 aromatic carbocycles. The summed E-state index contributed by atoms with van der Waals surface area (Å²) in [6.07, 6.45) is 5.91. The van der Waals surface area contributed by atoms with Crippen LogP contribution >= 0.6 is 11.3 Å². The number of pyridine rings is 1. The standard InChI is InChI=1S/C45H32N4S/c1-3-12-32-27-35(29-47-45(32)46-2)49-40-18-9-7-15-36(40)39-28-31(23-26-41(39)49)30-21-24-34(25-22-30)48(33-13-5-4-6-14-33)42-19-11-17-38-37-16-8-10-20-43(37)50-44(38)42/h3-29H,2H2,1H3/b12-3-. The van der Waals surface area contributed by atoms with Crippen LogP contribution in [0.15, 0.2) is 163 Å². The summed E-state index contributed by atoms with van der Waals surface area (Å²) in [4.78, 5) is 11.1. The molecule has 0 saturated carbocycles. The summed E-state index contributed by atoms with van der Waals surface area (Å²) in [6, 6.07) is 52.4. The maximum atomic E-state index is 4.64. The smallest absolute Gasteiger partial charge is 0.158 e. The molecule has 9 rings (SSSR count). The predicted octanol–water partition coefficient (Wildman–Crippen LogP) is 13.0. The lowest BCUT2D eigenvalue weighted by Gasteiger charge is -2.26. The quantitative estimate of drug-likeness (QED) is 0.159. The molecule has 3 heterocycles. The van der Waals surface area contributed by atoms with Crippen molar-refractivity contribution in [3.05, 3.63) is 163 Å². The number of fused-ring (bicyclic) bond motifs is 6. The van der Waals surface area contributed by atoms with Crippen LogP contribution in [0.4, 0.5) is 22.9 Å². The molecular weight excluding hydrogens is 629 g/mol. The molecule has 50 heavy (non-hydrogen) atoms. The fourth-order valence-electron chi connectivity index (χ4n) is 7.17. The largest absolute Gasteiger partial charge is 0.309 e. The van der Waals surface area contributed by atoms with Crippen LogP contribution in [0.5, 0.6) is 0 Å². The summed E-state index contributed by atoms with van der Waals surface area (Å²) in [5, 5.41) is 4.99. The number of aromatic nitrogens is 2. The van der Waals surface area contributed by atoms with Gasteiger partial charge in [-0.05, 0) is 85.4 Å². The van der Waals surface area contributed by atoms with Gasteiger partial charge >= 0.3 is 0 Å². The molecule has 0 atom stereocenters. The molecule has 0 radical (unpaired) electrons. The molecule has 0 aliphatic carbocycles. The van der Waals surface area contributed by atoms with E-state index in [4.69, 9.17) is 0 Å². The van der Waals surface area contributed by atoms with E-state index in [1.807, 2.05) is 36.6 Å². The Morgan fingerprint density at radius 3 is 2.18 bits per heavy atom. The maximum Gasteiger partial charge on any atom is 0.158 e. The zero-order valence-corrected chi connectivity index (χ0v) is 28.3. The minimum Gasteiger partial charge on any atom is -0.309 e. The third-order valence-electron chi connectivity index (χ3n) is 9.41. The number of anilines is 3. The molecule has 0 saturated heterocycles. The van der Waals surface area contributed by atoms with E-state index in [0.717, 1.165) is 33.7 Å². The summed E-state index contributed by atoms with van der Waals surface area (Å²) in [5.41, 5.74) is 9.96. The molecule has 0 bridgehead atoms. The molecule has 0 aliphatic heterocycles. The highest BCUT2D eigenvalue weighted by molar-refractivity contribution is 7.26. The van der Waals surface area contributed by atoms with E-state index in [1.54, 1.807) is 0 Å². The maximum absolute atomic E-state index is 4.64. The van der Waals surface area contributed by atoms with Crippen molar-refractivity contribution >= 4 is 89.0 Å². The Balaban J connectivity index is 1.15. The number of allylic oxidation sites excluding steroid dienone is 1. The zero-order chi connectivity index (χ0) is 33.6. The van der Waals surface area contributed by atoms with Crippen LogP contribution in [0, 0.1) is 0 Å². The Morgan fingerprint density at radius 2 is 1.36 bits per heavy atom. The Kier molecular flexibility index (Phi) is 7.33. The van der Waals surface area contributed by atoms with Crippen molar-refractivity contribution in [2.24, 2.45) is 4.99 Å². The first-order valence-electron chi connectivity index (χ1n) is 16.7. The first-order chi connectivity index (χ1) is 24.7. The third kappa shape index (κ3) is 4.90. The highest BCUT2D eigenvalue weighted by Crippen LogP contribution is 2.45. The van der Waals surface area contributed by atoms with Crippen molar-refractivity contribution in [2.75, 3.05) is 4.90 Å². The SMILES string of the molecule is C=Nc1ncc(-n2c3ccccc3c3cc(-c4ccc(N(c5ccccc5)c5cccc6c5sc5ccccc56)cc4)ccc32)cc1/C=C\C. The lowest BCUT2D eigenvalue weighted by molar-refractivity contribution is 1.13. The first kappa shape index (κ1) is 29.8. The Morgan fingerprint density at radius 1 is 0.660 bits per heavy atom. The van der Waals surface area contributed by atoms with Gasteiger partial charge in [-0.3, -0.25) is 0 Å². The number of hydrogen-bond acceptors (Lipinski definition) is 4. The minimum atomic E-state index is 0.629. The van der Waals surface area contributed by atoms with E-state index in [2.05, 4.69) is 172 Å². The van der Waals surface area contributed by atoms with Gasteiger partial charge in [-0.15, -0.1) is 11.3 Å². The number of aliphatic imine (C=N–C) groups is 1. The van der Waals surface area contributed by atoms with E-state index >= 15 is 0 Å². The van der Waals surface area contributed by atoms with Gasteiger partial charge in [0.05, 0.1) is 33.3 Å². The average Bonchev–Trinajstić information content (AvgIpc) is 3.72. The molecule has 9 aromatic rings. The minimum absolute atomic E-state index is 0.629. The molecule has 0 aliphatic rings. The van der Waals surface area contributed by atoms with Crippen molar-refractivity contribution in [1.82, 2.24) is 9.55 Å². The molecule has 238 valence electrons. The van der Waals surface area contributed by atoms with Crippen LogP contribution in [0.3, 0.4) is 0 Å². The van der Waals surface area contributed by atoms with E-state index in [-0.39, 0.29) is 0 Å². The molecule has 4 nitrogen and oxygen atoms in total. The van der Waals surface area contributed by atoms with Gasteiger partial charge in [0.2, 0.25) is 0 Å². The average molecular weight is 661 g/mol. The second-order valence-electron chi connectivity index (χ2n) is 12.3. The molecule has 0 amide bonds. The molecule has 0 spiro atoms. The lowest BCUT2D eigenvalue weighted by atomic mass is 10.0. The summed E-state index contributed by atoms with van der Waals surface area (Å²) < 4.78 is 4.87. The third-order valence-corrected chi connectivity index (χ3v) is 10.6. The Hall–Kier alpha value is -6.30. The van der Waals surface area contributed by atoms with Gasteiger partial charge in [0.25, 0.3) is 0 Å². The number of hydrogen-bond donors (Lipinski definition) is 0. The van der Waals surface area contributed by atoms with Crippen LogP contribution in [-0.2, 0) is 0 Å². The van der Waals surface area contributed by atoms with Gasteiger partial charge < -0.3 is 9.47 Å². The number of nitrogens with zero attached hydrogens (tertiary/aromatic N) is 4. The molecule has 0 N–H and O–H groups in total. The Labute approximate surface area is 294 Å². The molecule has 3 aromatic heterocycles. The van der Waals surface area contributed by atoms with Gasteiger partial charge in [-0.2, -0.15) is 0 Å². The number of thiophene rings is 1. The topological polar surface area (TPSA) is 33.4 Å². The van der Waals surface area contributed by atoms with E-state index in [0.29, 0.717) is 5.82 Å². The van der Waals surface area contributed by atoms with Crippen LogP contribution in [0.2, 0.25) is 0 Å². The number of para-hydroxylation sites is 2. The van der Waals surface area contributed by atoms with Crippen molar-refractivity contribution < 1.29 is 0 Å². The molecule has 0 fully saturated rings. The summed E-state index contributed by atoms with van der Waals surface area (Å²) >= 11 is 1.85. The highest BCUT2D eigenvalue weighted by atomic mass is 32.1. The van der Waals surface area contributed by atoms with E-state index < -0.39 is 0 Å². The van der Waals surface area contributed by atoms with Crippen LogP contribution in [0.25, 0.3) is 64.9 Å². The normalized spacial score (nSPS) is 11.7. The van der Waals surface area contributed by atoms with E-state index in [1.165, 1.54) is 47.8 Å². The summed E-state index contributed by atoms with van der Waals surface area (Å²) in [5.74, 6) is 0.629. The Bertz CT molecular complexity index is 2740. The van der Waals surface area contributed by atoms with Gasteiger partial charge in [0.15, 0.2) is 5.82 Å². The van der Waals surface area contributed by atoms with Gasteiger partial charge in [-0.1, -0.05) is 97.1 Å². The van der Waals surface area contributed by atoms with E-state index in [9.17, 15) is 0 Å². The van der Waals surface area contributed by atoms with Crippen LogP contribution < -0.4 is 4.90 Å². The number of rotatable bonds is 7. The van der Waals surface area contributed by atoms with Gasteiger partial charge in [-0.25, -0.2) is 9.98 Å². The van der Waals surface area contributed by atoms with Gasteiger partial charge in [0, 0.05) is 43.2 Å². The molecule has 5 heteroatoms. The fraction of sp³-hybridized carbons (Fsp3) is 0.0222. The van der Waals surface area contributed by atoms with Crippen LogP contribution in [-0.4, -0.2) is 16.3 Å². The summed E-state index contributed by atoms with van der Waals surface area (Å²) in [7, 11) is 0. The molecular formula is C45H32N4S. The second-order valence-corrected chi connectivity index (χ2v) is 13.4.